The molecule has 0 bridgehead atoms. The van der Waals surface area contributed by atoms with Crippen LogP contribution in [0.4, 0.5) is 10.1 Å². The van der Waals surface area contributed by atoms with Crippen LogP contribution in [0.1, 0.15) is 119 Å². The van der Waals surface area contributed by atoms with Gasteiger partial charge in [-0.05, 0) is 102 Å². The highest BCUT2D eigenvalue weighted by atomic mass is 32.1. The summed E-state index contributed by atoms with van der Waals surface area (Å²) in [5.41, 5.74) is 11.0. The average Bonchev–Trinajstić information content (AvgIpc) is 4.51. The molecule has 6 aromatic heterocycles. The Morgan fingerprint density at radius 2 is 1.07 bits per heavy atom. The fraction of sp³-hybridized carbons (Fsp3) is 0.284. The zero-order valence-corrected chi connectivity index (χ0v) is 47.2. The van der Waals surface area contributed by atoms with Crippen LogP contribution in [0.25, 0.3) is 54.7 Å². The minimum absolute atomic E-state index is 0. The van der Waals surface area contributed by atoms with Crippen LogP contribution in [-0.4, -0.2) is 59.9 Å². The maximum Gasteiger partial charge on any atom is 0.325 e. The van der Waals surface area contributed by atoms with Gasteiger partial charge in [-0.2, -0.15) is 10.2 Å². The van der Waals surface area contributed by atoms with Crippen LogP contribution in [0.15, 0.2) is 220 Å². The Labute approximate surface area is 507 Å². The molecule has 13 rings (SSSR count). The number of azo groups is 1. The molecule has 85 heavy (non-hydrogen) atoms. The predicted octanol–water partition coefficient (Wildman–Crippen LogP) is 18.8. The van der Waals surface area contributed by atoms with Crippen molar-refractivity contribution in [3.63, 3.8) is 0 Å². The van der Waals surface area contributed by atoms with E-state index in [2.05, 4.69) is 107 Å². The molecular weight excluding hydrogens is 1080 g/mol. The van der Waals surface area contributed by atoms with Gasteiger partial charge in [-0.1, -0.05) is 186 Å². The van der Waals surface area contributed by atoms with Gasteiger partial charge < -0.3 is 15.0 Å². The average molecular weight is 1180 g/mol. The van der Waals surface area contributed by atoms with Gasteiger partial charge in [0.2, 0.25) is 0 Å². The summed E-state index contributed by atoms with van der Waals surface area (Å²) in [7, 11) is 0. The minimum Gasteiger partial charge on any atom is -0.361 e. The number of thiazole rings is 1. The van der Waals surface area contributed by atoms with Crippen LogP contribution < -0.4 is 11.2 Å². The molecule has 0 saturated carbocycles. The molecule has 0 radical (unpaired) electrons. The lowest BCUT2D eigenvalue weighted by Gasteiger charge is -2.17. The molecule has 0 spiro atoms. The molecule has 1 aliphatic rings. The number of nitrogens with zero attached hydrogens (tertiary/aromatic N) is 10. The number of halogens is 1. The number of hydrogen-bond acceptors (Lipinski definition) is 11. The van der Waals surface area contributed by atoms with Crippen molar-refractivity contribution in [3.05, 3.63) is 233 Å². The predicted molar refractivity (Wildman–Crippen MR) is 360 cm³/mol. The lowest BCUT2D eigenvalue weighted by atomic mass is 10.1. The first-order chi connectivity index (χ1) is 38.2. The second kappa shape index (κ2) is 40.0. The Morgan fingerprint density at radius 3 is 1.62 bits per heavy atom. The smallest absolute Gasteiger partial charge is 0.325 e. The number of imidazole rings is 1. The van der Waals surface area contributed by atoms with Gasteiger partial charge in [0.1, 0.15) is 17.2 Å². The fourth-order valence-corrected chi connectivity index (χ4v) is 7.37. The highest BCUT2D eigenvalue weighted by Crippen LogP contribution is 2.25. The summed E-state index contributed by atoms with van der Waals surface area (Å²) in [6.07, 6.45) is 8.75. The van der Waals surface area contributed by atoms with Crippen molar-refractivity contribution in [3.8, 4) is 22.5 Å². The SMILES string of the molecule is C.C.C.C.C.C.CC.CC.CC(C)(C)n1cc(-c2cccc(F)c2)nn1.CC(C)(C)n1cc(-c2ccccc2)nn1.O=c1cc[nH]c(=O)[nH]1.c1ccc2[nH]ccc2c1.c1ccc2[nH]cnc2c1.c1ccc2c(c1)CN=N2.c1ccc2scnc2c1. The Balaban J connectivity index is 0. The molecule has 0 amide bonds. The van der Waals surface area contributed by atoms with E-state index in [-0.39, 0.29) is 67.0 Å². The lowest BCUT2D eigenvalue weighted by molar-refractivity contribution is 0.346. The van der Waals surface area contributed by atoms with Gasteiger partial charge >= 0.3 is 5.69 Å². The van der Waals surface area contributed by atoms with E-state index >= 15 is 0 Å². The van der Waals surface area contributed by atoms with Gasteiger partial charge in [0.05, 0.1) is 68.8 Å². The van der Waals surface area contributed by atoms with Crippen LogP contribution in [0.5, 0.6) is 0 Å². The molecule has 0 unspecified atom stereocenters. The zero-order chi connectivity index (χ0) is 57.0. The molecule has 12 aromatic rings. The summed E-state index contributed by atoms with van der Waals surface area (Å²) in [6.45, 7) is 21.2. The van der Waals surface area contributed by atoms with Crippen LogP contribution >= 0.6 is 11.3 Å². The number of aromatic nitrogens is 12. The van der Waals surface area contributed by atoms with Crippen molar-refractivity contribution in [1.29, 1.82) is 0 Å². The van der Waals surface area contributed by atoms with Gasteiger partial charge in [0.15, 0.2) is 0 Å². The summed E-state index contributed by atoms with van der Waals surface area (Å²) < 4.78 is 18.0. The lowest BCUT2D eigenvalue weighted by Crippen LogP contribution is -2.22. The van der Waals surface area contributed by atoms with Crippen molar-refractivity contribution >= 4 is 49.2 Å². The van der Waals surface area contributed by atoms with Crippen LogP contribution in [-0.2, 0) is 17.6 Å². The third kappa shape index (κ3) is 25.4. The van der Waals surface area contributed by atoms with E-state index in [4.69, 9.17) is 0 Å². The zero-order valence-electron chi connectivity index (χ0n) is 46.3. The van der Waals surface area contributed by atoms with Crippen molar-refractivity contribution < 1.29 is 4.39 Å². The Kier molecular flexibility index (Phi) is 36.6. The molecule has 4 N–H and O–H groups in total. The highest BCUT2D eigenvalue weighted by Gasteiger charge is 2.17. The molecule has 1 aliphatic heterocycles. The Bertz CT molecular complexity index is 3510. The van der Waals surface area contributed by atoms with Gasteiger partial charge in [0, 0.05) is 40.7 Å². The van der Waals surface area contributed by atoms with E-state index < -0.39 is 5.69 Å². The number of hydrogen-bond donors (Lipinski definition) is 4. The number of fused-ring (bicyclic) bond motifs is 4. The molecule has 16 nitrogen and oxygen atoms in total. The minimum atomic E-state index is -0.475. The van der Waals surface area contributed by atoms with E-state index in [0.29, 0.717) is 5.69 Å². The number of aromatic amines is 4. The summed E-state index contributed by atoms with van der Waals surface area (Å²) in [5, 5.41) is 25.5. The standard InChI is InChI=1S/C12H14FN3.C12H15N3.C8H7N.2C7H6N2.C7H5NS.C4H4N2O2.2C2H6.6CH4/c1-12(2,3)16-8-11(14-15-16)9-5-4-6-10(13)7-9;1-12(2,3)15-9-11(13-14-15)10-7-5-4-6-8-10;1-2-4-8-7(3-1)5-6-9-8;1-2-4-7-6(3-1)8-5-9-7;1-2-4-7-6(3-1)5-8-9-7;1-2-4-7-6(3-1)8-5-9-7;7-3-1-2-5-4(8)6-3;2*1-2;;;;;;/h4-8H,1-3H3;4-9H,1-3H3;1-6,9H;1-5H,(H,8,9);1-4H,5H2;1-5H;1-2H,(H2,5,6,7,8);2*1-2H3;6*1H4. The molecule has 0 atom stereocenters. The van der Waals surface area contributed by atoms with E-state index in [0.717, 1.165) is 45.6 Å². The first-order valence-corrected chi connectivity index (χ1v) is 26.7. The molecule has 0 saturated heterocycles. The summed E-state index contributed by atoms with van der Waals surface area (Å²) >= 11 is 1.68. The Hall–Kier alpha value is -9.29. The second-order valence-electron chi connectivity index (χ2n) is 18.4. The third-order valence-electron chi connectivity index (χ3n) is 10.7. The summed E-state index contributed by atoms with van der Waals surface area (Å²) in [4.78, 5) is 39.0. The largest absolute Gasteiger partial charge is 0.361 e. The fourth-order valence-electron chi connectivity index (χ4n) is 6.70. The van der Waals surface area contributed by atoms with Gasteiger partial charge in [-0.15, -0.1) is 21.5 Å². The normalized spacial score (nSPS) is 9.96. The van der Waals surface area contributed by atoms with Crippen LogP contribution in [0.2, 0.25) is 0 Å². The quantitative estimate of drug-likeness (QED) is 0.131. The van der Waals surface area contributed by atoms with E-state index in [1.165, 1.54) is 45.6 Å². The molecule has 18 heteroatoms. The summed E-state index contributed by atoms with van der Waals surface area (Å²) in [5.74, 6) is -0.261. The molecule has 7 heterocycles. The monoisotopic (exact) mass is 1180 g/mol. The topological polar surface area (TPSA) is 209 Å². The number of nitrogens with one attached hydrogen (secondary N) is 4. The first-order valence-electron chi connectivity index (χ1n) is 25.8. The first kappa shape index (κ1) is 77.8. The van der Waals surface area contributed by atoms with Crippen molar-refractivity contribution in [2.75, 3.05) is 0 Å². The van der Waals surface area contributed by atoms with Gasteiger partial charge in [0.25, 0.3) is 5.56 Å². The van der Waals surface area contributed by atoms with Crippen molar-refractivity contribution in [2.24, 2.45) is 10.2 Å². The molecule has 0 aliphatic carbocycles. The maximum atomic E-state index is 13.0. The maximum absolute atomic E-state index is 13.0. The second-order valence-corrected chi connectivity index (χ2v) is 19.3. The van der Waals surface area contributed by atoms with E-state index in [1.807, 2.05) is 191 Å². The Morgan fingerprint density at radius 1 is 0.529 bits per heavy atom. The molecule has 0 fully saturated rings. The van der Waals surface area contributed by atoms with Gasteiger partial charge in [-0.3, -0.25) is 9.78 Å². The highest BCUT2D eigenvalue weighted by molar-refractivity contribution is 7.16. The molecule has 6 aromatic carbocycles. The molecular formula is C67H93FN14O2S. The van der Waals surface area contributed by atoms with Crippen molar-refractivity contribution in [1.82, 2.24) is 59.9 Å². The summed E-state index contributed by atoms with van der Waals surface area (Å²) in [6, 6.07) is 52.0. The third-order valence-corrected chi connectivity index (χ3v) is 11.5. The van der Waals surface area contributed by atoms with E-state index in [9.17, 15) is 14.0 Å². The number of rotatable bonds is 2. The van der Waals surface area contributed by atoms with Crippen molar-refractivity contribution in [2.45, 2.75) is 131 Å². The number of para-hydroxylation sites is 4. The van der Waals surface area contributed by atoms with E-state index in [1.54, 1.807) is 28.4 Å². The van der Waals surface area contributed by atoms with Gasteiger partial charge in [-0.25, -0.2) is 28.5 Å². The number of benzene rings is 6. The number of H-pyrrole nitrogens is 4. The van der Waals surface area contributed by atoms with Crippen LogP contribution in [0, 0.1) is 5.82 Å². The van der Waals surface area contributed by atoms with Crippen LogP contribution in [0.3, 0.4) is 0 Å². The molecule has 456 valence electrons.